The number of amides is 1. The lowest BCUT2D eigenvalue weighted by Crippen LogP contribution is -2.51. The molecule has 27 heavy (non-hydrogen) atoms. The molecule has 4 rings (SSSR count). The Bertz CT molecular complexity index is 628. The Morgan fingerprint density at radius 2 is 2.11 bits per heavy atom. The van der Waals surface area contributed by atoms with Crippen LogP contribution in [-0.2, 0) is 15.3 Å². The number of halogens is 1. The number of aromatic nitrogens is 2. The molecule has 1 amide bonds. The van der Waals surface area contributed by atoms with E-state index in [-0.39, 0.29) is 30.5 Å². The van der Waals surface area contributed by atoms with Crippen LogP contribution in [0.5, 0.6) is 0 Å². The van der Waals surface area contributed by atoms with Crippen LogP contribution in [0.3, 0.4) is 0 Å². The first-order valence-electron chi connectivity index (χ1n) is 9.66. The van der Waals surface area contributed by atoms with Crippen molar-refractivity contribution in [3.8, 4) is 0 Å². The van der Waals surface area contributed by atoms with Crippen LogP contribution in [0.4, 0.5) is 0 Å². The van der Waals surface area contributed by atoms with Gasteiger partial charge in [-0.3, -0.25) is 4.79 Å². The van der Waals surface area contributed by atoms with Crippen molar-refractivity contribution < 1.29 is 14.1 Å². The predicted molar refractivity (Wildman–Crippen MR) is 106 cm³/mol. The van der Waals surface area contributed by atoms with Crippen molar-refractivity contribution in [2.24, 2.45) is 17.8 Å². The van der Waals surface area contributed by atoms with Gasteiger partial charge in [0.1, 0.15) is 0 Å². The zero-order valence-corrected chi connectivity index (χ0v) is 17.3. The summed E-state index contributed by atoms with van der Waals surface area (Å²) in [6, 6.07) is 0.133. The van der Waals surface area contributed by atoms with Crippen molar-refractivity contribution in [2.75, 3.05) is 25.4 Å². The summed E-state index contributed by atoms with van der Waals surface area (Å²) in [5, 5.41) is 10.5. The number of aryl methyl sites for hydroxylation is 1. The summed E-state index contributed by atoms with van der Waals surface area (Å²) < 4.78 is 11.3. The first kappa shape index (κ1) is 20.9. The van der Waals surface area contributed by atoms with Crippen LogP contribution >= 0.6 is 24.2 Å². The second-order valence-electron chi connectivity index (χ2n) is 7.87. The quantitative estimate of drug-likeness (QED) is 0.669. The molecule has 3 fully saturated rings. The maximum Gasteiger partial charge on any atom is 0.236 e. The lowest BCUT2D eigenvalue weighted by Gasteiger charge is -2.38. The van der Waals surface area contributed by atoms with Crippen LogP contribution in [-0.4, -0.2) is 53.6 Å². The lowest BCUT2D eigenvalue weighted by molar-refractivity contribution is -0.121. The van der Waals surface area contributed by atoms with E-state index < -0.39 is 0 Å². The molecule has 0 bridgehead atoms. The first-order chi connectivity index (χ1) is 12.7. The Hall–Kier alpha value is -0.830. The molecule has 1 aliphatic heterocycles. The van der Waals surface area contributed by atoms with Crippen LogP contribution in [0.1, 0.15) is 37.4 Å². The highest BCUT2D eigenvalue weighted by molar-refractivity contribution is 7.99. The summed E-state index contributed by atoms with van der Waals surface area (Å²) in [5.74, 6) is 4.35. The number of hydrogen-bond donors (Lipinski definition) is 2. The van der Waals surface area contributed by atoms with E-state index in [1.54, 1.807) is 6.92 Å². The van der Waals surface area contributed by atoms with E-state index in [9.17, 15) is 4.79 Å². The molecule has 1 aromatic rings. The molecule has 2 heterocycles. The van der Waals surface area contributed by atoms with Crippen molar-refractivity contribution in [3.63, 3.8) is 0 Å². The van der Waals surface area contributed by atoms with Crippen LogP contribution in [0.2, 0.25) is 0 Å². The second-order valence-corrected chi connectivity index (χ2v) is 8.85. The van der Waals surface area contributed by atoms with Gasteiger partial charge in [0.05, 0.1) is 23.7 Å². The molecular formula is C18H29ClN4O3S. The lowest BCUT2D eigenvalue weighted by atomic mass is 9.77. The van der Waals surface area contributed by atoms with Gasteiger partial charge in [0.2, 0.25) is 11.8 Å². The molecule has 9 heteroatoms. The van der Waals surface area contributed by atoms with E-state index in [4.69, 9.17) is 9.26 Å². The maximum absolute atomic E-state index is 12.4. The Balaban J connectivity index is 0.00000210. The second kappa shape index (κ2) is 9.58. The molecule has 2 aliphatic carbocycles. The monoisotopic (exact) mass is 416 g/mol. The number of hydrogen-bond acceptors (Lipinski definition) is 7. The standard InChI is InChI=1S/C18H28N4O3S.ClH/c1-11-20-18(25-22-11)10-26-9-17(23)21-15-4-13-6-19-7-14(13)5-16(15)24-8-12-2-3-12;/h12-16,19H,2-10H2,1H3,(H,21,23);1H/t13-,14+,15-,16-;/m0./s1. The van der Waals surface area contributed by atoms with Crippen LogP contribution in [0, 0.1) is 24.7 Å². The fraction of sp³-hybridized carbons (Fsp3) is 0.833. The number of nitrogens with zero attached hydrogens (tertiary/aromatic N) is 2. The number of fused-ring (bicyclic) bond motifs is 1. The maximum atomic E-state index is 12.4. The number of thioether (sulfide) groups is 1. The molecule has 0 radical (unpaired) electrons. The molecule has 152 valence electrons. The average molecular weight is 417 g/mol. The fourth-order valence-electron chi connectivity index (χ4n) is 4.04. The van der Waals surface area contributed by atoms with Gasteiger partial charge in [-0.1, -0.05) is 5.16 Å². The third-order valence-corrected chi connectivity index (χ3v) is 6.56. The Morgan fingerprint density at radius 1 is 1.33 bits per heavy atom. The molecule has 0 aromatic carbocycles. The van der Waals surface area contributed by atoms with Gasteiger partial charge in [-0.25, -0.2) is 0 Å². The molecular weight excluding hydrogens is 388 g/mol. The van der Waals surface area contributed by atoms with Gasteiger partial charge in [-0.15, -0.1) is 24.2 Å². The summed E-state index contributed by atoms with van der Waals surface area (Å²) in [4.78, 5) is 16.6. The van der Waals surface area contributed by atoms with Crippen molar-refractivity contribution in [1.29, 1.82) is 0 Å². The zero-order valence-electron chi connectivity index (χ0n) is 15.7. The van der Waals surface area contributed by atoms with Gasteiger partial charge in [0.15, 0.2) is 5.82 Å². The van der Waals surface area contributed by atoms with Crippen molar-refractivity contribution >= 4 is 30.1 Å². The van der Waals surface area contributed by atoms with Crippen LogP contribution in [0.15, 0.2) is 4.52 Å². The molecule has 2 N–H and O–H groups in total. The van der Waals surface area contributed by atoms with Gasteiger partial charge >= 0.3 is 0 Å². The number of carbonyl (C=O) groups is 1. The van der Waals surface area contributed by atoms with Crippen molar-refractivity contribution in [3.05, 3.63) is 11.7 Å². The average Bonchev–Trinajstić information content (AvgIpc) is 3.18. The summed E-state index contributed by atoms with van der Waals surface area (Å²) in [6.07, 6.45) is 4.83. The molecule has 2 saturated carbocycles. The topological polar surface area (TPSA) is 89.3 Å². The Labute approximate surface area is 170 Å². The minimum Gasteiger partial charge on any atom is -0.376 e. The Morgan fingerprint density at radius 3 is 2.81 bits per heavy atom. The molecule has 0 spiro atoms. The number of nitrogens with one attached hydrogen (secondary N) is 2. The molecule has 0 unspecified atom stereocenters. The zero-order chi connectivity index (χ0) is 17.9. The minimum atomic E-state index is 0. The SMILES string of the molecule is Cc1noc(CSCC(=O)N[C@H]2C[C@H]3CNC[C@H]3C[C@@H]2OCC2CC2)n1.Cl. The third-order valence-electron chi connectivity index (χ3n) is 5.64. The van der Waals surface area contributed by atoms with E-state index in [1.807, 2.05) is 0 Å². The van der Waals surface area contributed by atoms with Crippen LogP contribution in [0.25, 0.3) is 0 Å². The Kier molecular flexibility index (Phi) is 7.42. The summed E-state index contributed by atoms with van der Waals surface area (Å²) in [5.41, 5.74) is 0. The highest BCUT2D eigenvalue weighted by atomic mass is 35.5. The number of ether oxygens (including phenoxy) is 1. The van der Waals surface area contributed by atoms with E-state index in [2.05, 4.69) is 20.8 Å². The fourth-order valence-corrected chi connectivity index (χ4v) is 4.70. The van der Waals surface area contributed by atoms with Crippen molar-refractivity contribution in [1.82, 2.24) is 20.8 Å². The predicted octanol–water partition coefficient (Wildman–Crippen LogP) is 1.94. The van der Waals surface area contributed by atoms with E-state index in [0.717, 1.165) is 38.5 Å². The molecule has 4 atom stereocenters. The van der Waals surface area contributed by atoms with Gasteiger partial charge in [0.25, 0.3) is 0 Å². The highest BCUT2D eigenvalue weighted by Crippen LogP contribution is 2.36. The summed E-state index contributed by atoms with van der Waals surface area (Å²) in [7, 11) is 0. The van der Waals surface area contributed by atoms with Gasteiger partial charge in [-0.05, 0) is 63.5 Å². The molecule has 7 nitrogen and oxygen atoms in total. The van der Waals surface area contributed by atoms with Gasteiger partial charge in [-0.2, -0.15) is 4.98 Å². The minimum absolute atomic E-state index is 0. The normalized spacial score (nSPS) is 29.8. The van der Waals surface area contributed by atoms with Crippen molar-refractivity contribution in [2.45, 2.75) is 50.5 Å². The van der Waals surface area contributed by atoms with Gasteiger partial charge < -0.3 is 19.9 Å². The smallest absolute Gasteiger partial charge is 0.236 e. The molecule has 3 aliphatic rings. The molecule has 1 saturated heterocycles. The van der Waals surface area contributed by atoms with E-state index in [0.29, 0.717) is 35.1 Å². The van der Waals surface area contributed by atoms with Crippen LogP contribution < -0.4 is 10.6 Å². The van der Waals surface area contributed by atoms with E-state index in [1.165, 1.54) is 24.6 Å². The molecule has 1 aromatic heterocycles. The highest BCUT2D eigenvalue weighted by Gasteiger charge is 2.41. The number of rotatable bonds is 8. The third kappa shape index (κ3) is 5.82. The summed E-state index contributed by atoms with van der Waals surface area (Å²) >= 11 is 1.50. The first-order valence-corrected chi connectivity index (χ1v) is 10.8. The van der Waals surface area contributed by atoms with E-state index >= 15 is 0 Å². The number of carbonyl (C=O) groups excluding carboxylic acids is 1. The summed E-state index contributed by atoms with van der Waals surface area (Å²) in [6.45, 7) is 4.80. The van der Waals surface area contributed by atoms with Gasteiger partial charge in [0, 0.05) is 6.61 Å². The largest absolute Gasteiger partial charge is 0.376 e.